The van der Waals surface area contributed by atoms with E-state index in [-0.39, 0.29) is 5.41 Å². The maximum absolute atomic E-state index is 11.7. The van der Waals surface area contributed by atoms with E-state index >= 15 is 0 Å². The van der Waals surface area contributed by atoms with Crippen LogP contribution in [0, 0.1) is 5.92 Å². The van der Waals surface area contributed by atoms with E-state index in [2.05, 4.69) is 38.1 Å². The molecule has 1 aromatic carbocycles. The van der Waals surface area contributed by atoms with Crippen molar-refractivity contribution in [2.45, 2.75) is 70.6 Å². The van der Waals surface area contributed by atoms with Gasteiger partial charge >= 0.3 is 0 Å². The monoisotopic (exact) mass is 272 g/mol. The Kier molecular flexibility index (Phi) is 5.39. The van der Waals surface area contributed by atoms with Crippen LogP contribution in [0.25, 0.3) is 0 Å². The van der Waals surface area contributed by atoms with Crippen LogP contribution in [-0.4, -0.2) is 6.29 Å². The van der Waals surface area contributed by atoms with Gasteiger partial charge in [0, 0.05) is 0 Å². The van der Waals surface area contributed by atoms with Gasteiger partial charge in [0.1, 0.15) is 6.29 Å². The number of benzene rings is 1. The lowest BCUT2D eigenvalue weighted by Gasteiger charge is -2.35. The third kappa shape index (κ3) is 3.50. The van der Waals surface area contributed by atoms with Crippen molar-refractivity contribution in [2.24, 2.45) is 5.92 Å². The molecule has 1 fully saturated rings. The summed E-state index contributed by atoms with van der Waals surface area (Å²) in [6, 6.07) is 8.86. The second kappa shape index (κ2) is 7.06. The Hall–Kier alpha value is -1.11. The maximum atomic E-state index is 11.7. The van der Waals surface area contributed by atoms with Crippen LogP contribution in [0.5, 0.6) is 0 Å². The summed E-state index contributed by atoms with van der Waals surface area (Å²) in [7, 11) is 0. The third-order valence-corrected chi connectivity index (χ3v) is 4.99. The maximum Gasteiger partial charge on any atom is 0.130 e. The average molecular weight is 272 g/mol. The number of carbonyl (C=O) groups is 1. The van der Waals surface area contributed by atoms with Gasteiger partial charge in [0.25, 0.3) is 0 Å². The fourth-order valence-electron chi connectivity index (χ4n) is 3.33. The van der Waals surface area contributed by atoms with Gasteiger partial charge in [0.15, 0.2) is 0 Å². The van der Waals surface area contributed by atoms with E-state index in [0.717, 1.165) is 18.8 Å². The summed E-state index contributed by atoms with van der Waals surface area (Å²) in [4.78, 5) is 11.7. The van der Waals surface area contributed by atoms with E-state index in [1.807, 2.05) is 0 Å². The van der Waals surface area contributed by atoms with Crippen molar-refractivity contribution in [1.29, 1.82) is 0 Å². The highest BCUT2D eigenvalue weighted by Crippen LogP contribution is 2.40. The number of hydrogen-bond donors (Lipinski definition) is 0. The van der Waals surface area contributed by atoms with Crippen molar-refractivity contribution < 1.29 is 4.79 Å². The highest BCUT2D eigenvalue weighted by atomic mass is 16.1. The van der Waals surface area contributed by atoms with Crippen molar-refractivity contribution in [1.82, 2.24) is 0 Å². The van der Waals surface area contributed by atoms with Crippen LogP contribution in [0.2, 0.25) is 0 Å². The van der Waals surface area contributed by atoms with Crippen LogP contribution >= 0.6 is 0 Å². The van der Waals surface area contributed by atoms with Gasteiger partial charge in [-0.3, -0.25) is 0 Å². The molecule has 1 saturated carbocycles. The molecule has 0 bridgehead atoms. The Balaban J connectivity index is 2.05. The van der Waals surface area contributed by atoms with E-state index in [9.17, 15) is 4.79 Å². The van der Waals surface area contributed by atoms with Crippen molar-refractivity contribution in [3.05, 3.63) is 35.4 Å². The van der Waals surface area contributed by atoms with Crippen molar-refractivity contribution in [3.63, 3.8) is 0 Å². The summed E-state index contributed by atoms with van der Waals surface area (Å²) in [5.74, 6) is 0.774. The number of unbranched alkanes of at least 4 members (excludes halogenated alkanes) is 2. The Bertz CT molecular complexity index is 410. The van der Waals surface area contributed by atoms with Crippen LogP contribution in [0.4, 0.5) is 0 Å². The largest absolute Gasteiger partial charge is 0.302 e. The Morgan fingerprint density at radius 1 is 1.15 bits per heavy atom. The fraction of sp³-hybridized carbons (Fsp3) is 0.632. The van der Waals surface area contributed by atoms with Crippen LogP contribution in [0.1, 0.15) is 69.9 Å². The first-order valence-electron chi connectivity index (χ1n) is 8.26. The lowest BCUT2D eigenvalue weighted by atomic mass is 9.68. The van der Waals surface area contributed by atoms with E-state index < -0.39 is 0 Å². The first-order valence-corrected chi connectivity index (χ1v) is 8.26. The zero-order chi connectivity index (χ0) is 14.4. The molecule has 0 radical (unpaired) electrons. The lowest BCUT2D eigenvalue weighted by molar-refractivity contribution is -0.113. The molecule has 2 rings (SSSR count). The predicted molar refractivity (Wildman–Crippen MR) is 85.0 cm³/mol. The Morgan fingerprint density at radius 2 is 1.80 bits per heavy atom. The van der Waals surface area contributed by atoms with Gasteiger partial charge in [-0.1, -0.05) is 51.0 Å². The van der Waals surface area contributed by atoms with Gasteiger partial charge in [-0.15, -0.1) is 0 Å². The molecule has 1 aliphatic carbocycles. The molecule has 110 valence electrons. The summed E-state index contributed by atoms with van der Waals surface area (Å²) < 4.78 is 0. The van der Waals surface area contributed by atoms with E-state index in [4.69, 9.17) is 0 Å². The SMILES string of the molecule is CCCCCc1ccc(C2(C=O)CCC(C)CC2)cc1. The van der Waals surface area contributed by atoms with Crippen molar-refractivity contribution in [2.75, 3.05) is 0 Å². The van der Waals surface area contributed by atoms with Gasteiger partial charge in [0.2, 0.25) is 0 Å². The van der Waals surface area contributed by atoms with Gasteiger partial charge < -0.3 is 4.79 Å². The molecule has 0 heterocycles. The molecule has 0 spiro atoms. The number of hydrogen-bond acceptors (Lipinski definition) is 1. The minimum Gasteiger partial charge on any atom is -0.302 e. The third-order valence-electron chi connectivity index (χ3n) is 4.99. The normalized spacial score (nSPS) is 26.4. The fourth-order valence-corrected chi connectivity index (χ4v) is 3.33. The number of aldehydes is 1. The highest BCUT2D eigenvalue weighted by Gasteiger charge is 2.35. The first kappa shape index (κ1) is 15.3. The van der Waals surface area contributed by atoms with Gasteiger partial charge in [-0.05, 0) is 55.6 Å². The number of aryl methyl sites for hydroxylation is 1. The Morgan fingerprint density at radius 3 is 2.35 bits per heavy atom. The topological polar surface area (TPSA) is 17.1 Å². The second-order valence-electron chi connectivity index (χ2n) is 6.61. The molecule has 0 saturated heterocycles. The summed E-state index contributed by atoms with van der Waals surface area (Å²) >= 11 is 0. The zero-order valence-corrected chi connectivity index (χ0v) is 13.0. The van der Waals surface area contributed by atoms with Crippen molar-refractivity contribution in [3.8, 4) is 0 Å². The van der Waals surface area contributed by atoms with Crippen molar-refractivity contribution >= 4 is 6.29 Å². The summed E-state index contributed by atoms with van der Waals surface area (Å²) in [5.41, 5.74) is 2.44. The molecule has 0 N–H and O–H groups in total. The first-order chi connectivity index (χ1) is 9.70. The standard InChI is InChI=1S/C19H28O/c1-3-4-5-6-17-7-9-18(10-8-17)19(15-20)13-11-16(2)12-14-19/h7-10,15-16H,3-6,11-14H2,1-2H3. The number of carbonyl (C=O) groups excluding carboxylic acids is 1. The molecular weight excluding hydrogens is 244 g/mol. The molecule has 0 aliphatic heterocycles. The molecular formula is C19H28O. The molecule has 0 amide bonds. The van der Waals surface area contributed by atoms with Crippen LogP contribution in [0.15, 0.2) is 24.3 Å². The molecule has 20 heavy (non-hydrogen) atoms. The average Bonchev–Trinajstić information content (AvgIpc) is 2.50. The molecule has 1 aliphatic rings. The van der Waals surface area contributed by atoms with Crippen LogP contribution in [-0.2, 0) is 16.6 Å². The molecule has 0 unspecified atom stereocenters. The molecule has 1 heteroatoms. The number of rotatable bonds is 6. The minimum absolute atomic E-state index is 0.200. The summed E-state index contributed by atoms with van der Waals surface area (Å²) in [5, 5.41) is 0. The highest BCUT2D eigenvalue weighted by molar-refractivity contribution is 5.69. The van der Waals surface area contributed by atoms with Crippen LogP contribution in [0.3, 0.4) is 0 Å². The van der Waals surface area contributed by atoms with Crippen LogP contribution < -0.4 is 0 Å². The molecule has 0 atom stereocenters. The zero-order valence-electron chi connectivity index (χ0n) is 13.0. The molecule has 1 aromatic rings. The van der Waals surface area contributed by atoms with Gasteiger partial charge in [-0.2, -0.15) is 0 Å². The van der Waals surface area contributed by atoms with E-state index in [0.29, 0.717) is 0 Å². The van der Waals surface area contributed by atoms with E-state index in [1.165, 1.54) is 55.9 Å². The lowest BCUT2D eigenvalue weighted by Crippen LogP contribution is -2.32. The summed E-state index contributed by atoms with van der Waals surface area (Å²) in [6.07, 6.45) is 10.6. The summed E-state index contributed by atoms with van der Waals surface area (Å²) in [6.45, 7) is 4.53. The molecule has 1 nitrogen and oxygen atoms in total. The van der Waals surface area contributed by atoms with Gasteiger partial charge in [-0.25, -0.2) is 0 Å². The smallest absolute Gasteiger partial charge is 0.130 e. The van der Waals surface area contributed by atoms with E-state index in [1.54, 1.807) is 0 Å². The second-order valence-corrected chi connectivity index (χ2v) is 6.61. The predicted octanol–water partition coefficient (Wildman–Crippen LogP) is 5.07. The van der Waals surface area contributed by atoms with Gasteiger partial charge in [0.05, 0.1) is 5.41 Å². The minimum atomic E-state index is -0.200. The Labute approximate surface area is 123 Å². The molecule has 0 aromatic heterocycles. The quantitative estimate of drug-likeness (QED) is 0.522.